The maximum Gasteiger partial charge on any atom is 0.0467 e. The smallest absolute Gasteiger partial charge is 0.0467 e. The topological polar surface area (TPSA) is 51.3 Å². The van der Waals surface area contributed by atoms with Gasteiger partial charge in [0.1, 0.15) is 0 Å². The Hall–Kier alpha value is -2.94. The van der Waals surface area contributed by atoms with Gasteiger partial charge in [-0.25, -0.2) is 0 Å². The first kappa shape index (κ1) is 22.4. The first-order valence-electron chi connectivity index (χ1n) is 10.4. The fraction of sp³-hybridized carbons (Fsp3) is 0.308. The normalized spacial score (nSPS) is 14.0. The van der Waals surface area contributed by atoms with Crippen LogP contribution in [0.25, 0.3) is 16.7 Å². The number of unbranched alkanes of at least 4 members (excludes halogenated alkanes) is 1. The molecule has 1 aromatic heterocycles. The molecule has 0 aliphatic heterocycles. The van der Waals surface area contributed by atoms with E-state index >= 15 is 0 Å². The van der Waals surface area contributed by atoms with E-state index in [9.17, 15) is 0 Å². The predicted octanol–water partition coefficient (Wildman–Crippen LogP) is 6.94. The van der Waals surface area contributed by atoms with E-state index in [1.54, 1.807) is 6.20 Å². The van der Waals surface area contributed by atoms with Crippen molar-refractivity contribution in [2.75, 3.05) is 0 Å². The van der Waals surface area contributed by atoms with Gasteiger partial charge in [0.2, 0.25) is 0 Å². The molecule has 0 amide bonds. The third-order valence-corrected chi connectivity index (χ3v) is 5.04. The van der Waals surface area contributed by atoms with Gasteiger partial charge in [-0.05, 0) is 67.5 Å². The van der Waals surface area contributed by atoms with Gasteiger partial charge >= 0.3 is 0 Å². The largest absolute Gasteiger partial charge is 0.398 e. The fourth-order valence-electron chi connectivity index (χ4n) is 3.23. The molecule has 0 saturated carbocycles. The summed E-state index contributed by atoms with van der Waals surface area (Å²) >= 11 is 0. The highest BCUT2D eigenvalue weighted by Gasteiger charge is 2.16. The van der Waals surface area contributed by atoms with E-state index in [2.05, 4.69) is 67.2 Å². The molecule has 0 fully saturated rings. The van der Waals surface area contributed by atoms with Crippen LogP contribution in [0.15, 0.2) is 82.4 Å². The molecular formula is C26H33N3. The number of rotatable bonds is 8. The zero-order valence-corrected chi connectivity index (χ0v) is 18.4. The summed E-state index contributed by atoms with van der Waals surface area (Å²) in [7, 11) is 0. The molecule has 3 nitrogen and oxygen atoms in total. The monoisotopic (exact) mass is 387 g/mol. The van der Waals surface area contributed by atoms with Gasteiger partial charge in [-0.15, -0.1) is 0 Å². The van der Waals surface area contributed by atoms with Crippen LogP contribution in [0.1, 0.15) is 59.4 Å². The second-order valence-corrected chi connectivity index (χ2v) is 7.12. The van der Waals surface area contributed by atoms with Crippen LogP contribution < -0.4 is 5.73 Å². The lowest BCUT2D eigenvalue weighted by Gasteiger charge is -2.18. The molecule has 29 heavy (non-hydrogen) atoms. The molecule has 0 aliphatic carbocycles. The molecule has 2 rings (SSSR count). The lowest BCUT2D eigenvalue weighted by Crippen LogP contribution is -2.08. The summed E-state index contributed by atoms with van der Waals surface area (Å²) in [5, 5.41) is 0. The lowest BCUT2D eigenvalue weighted by molar-refractivity contribution is 0.958. The van der Waals surface area contributed by atoms with Crippen LogP contribution in [0.4, 0.5) is 0 Å². The van der Waals surface area contributed by atoms with Crippen LogP contribution in [0, 0.1) is 0 Å². The summed E-state index contributed by atoms with van der Waals surface area (Å²) in [6.07, 6.45) is 10.8. The van der Waals surface area contributed by atoms with Gasteiger partial charge < -0.3 is 5.73 Å². The minimum Gasteiger partial charge on any atom is -0.398 e. The van der Waals surface area contributed by atoms with Gasteiger partial charge in [-0.1, -0.05) is 56.7 Å². The van der Waals surface area contributed by atoms with Gasteiger partial charge in [0.15, 0.2) is 0 Å². The van der Waals surface area contributed by atoms with Crippen molar-refractivity contribution in [2.24, 2.45) is 10.7 Å². The summed E-state index contributed by atoms with van der Waals surface area (Å²) in [4.78, 5) is 8.80. The Balaban J connectivity index is 2.61. The minimum absolute atomic E-state index is 0.828. The fourth-order valence-corrected chi connectivity index (χ4v) is 3.23. The van der Waals surface area contributed by atoms with E-state index in [-0.39, 0.29) is 0 Å². The minimum atomic E-state index is 0.828. The number of pyridine rings is 1. The van der Waals surface area contributed by atoms with E-state index in [4.69, 9.17) is 5.73 Å². The molecule has 3 heteroatoms. The zero-order chi connectivity index (χ0) is 21.2. The molecule has 0 aliphatic rings. The number of allylic oxidation sites excluding steroid dienone is 4. The van der Waals surface area contributed by atoms with Crippen molar-refractivity contribution < 1.29 is 0 Å². The van der Waals surface area contributed by atoms with Gasteiger partial charge in [-0.2, -0.15) is 0 Å². The molecule has 1 aromatic carbocycles. The quantitative estimate of drug-likeness (QED) is 0.394. The molecule has 152 valence electrons. The Kier molecular flexibility index (Phi) is 8.60. The number of hydrogen-bond donors (Lipinski definition) is 1. The molecule has 1 heterocycles. The zero-order valence-electron chi connectivity index (χ0n) is 18.4. The van der Waals surface area contributed by atoms with E-state index in [1.807, 2.05) is 32.3 Å². The Morgan fingerprint density at radius 1 is 1.07 bits per heavy atom. The van der Waals surface area contributed by atoms with Crippen LogP contribution in [0.5, 0.6) is 0 Å². The highest BCUT2D eigenvalue weighted by Crippen LogP contribution is 2.33. The molecule has 0 bridgehead atoms. The Labute approximate surface area is 175 Å². The van der Waals surface area contributed by atoms with Crippen LogP contribution in [0.2, 0.25) is 0 Å². The number of nitrogens with zero attached hydrogens (tertiary/aromatic N) is 2. The van der Waals surface area contributed by atoms with E-state index < -0.39 is 0 Å². The lowest BCUT2D eigenvalue weighted by atomic mass is 9.90. The SMILES string of the molecule is CC=N/C(C)=C(C(=C\CCC)/c1ccc(-c2cccnc2)cc1)\C(N)=C(/C)CC. The average Bonchev–Trinajstić information content (AvgIpc) is 2.76. The first-order chi connectivity index (χ1) is 14.0. The molecule has 2 aromatic rings. The maximum absolute atomic E-state index is 6.63. The van der Waals surface area contributed by atoms with Crippen LogP contribution in [-0.4, -0.2) is 11.2 Å². The molecule has 0 spiro atoms. The molecular weight excluding hydrogens is 354 g/mol. The van der Waals surface area contributed by atoms with Crippen molar-refractivity contribution >= 4 is 11.8 Å². The van der Waals surface area contributed by atoms with Gasteiger partial charge in [0.25, 0.3) is 0 Å². The molecule has 0 saturated heterocycles. The van der Waals surface area contributed by atoms with E-state index in [1.165, 1.54) is 5.57 Å². The van der Waals surface area contributed by atoms with E-state index in [0.29, 0.717) is 0 Å². The number of aromatic nitrogens is 1. The highest BCUT2D eigenvalue weighted by molar-refractivity contribution is 5.85. The van der Waals surface area contributed by atoms with Crippen LogP contribution in [0.3, 0.4) is 0 Å². The predicted molar refractivity (Wildman–Crippen MR) is 127 cm³/mol. The Morgan fingerprint density at radius 2 is 1.79 bits per heavy atom. The molecule has 2 N–H and O–H groups in total. The summed E-state index contributed by atoms with van der Waals surface area (Å²) < 4.78 is 0. The number of benzene rings is 1. The highest BCUT2D eigenvalue weighted by atomic mass is 14.7. The first-order valence-corrected chi connectivity index (χ1v) is 10.4. The molecule has 0 radical (unpaired) electrons. The molecule has 0 unspecified atom stereocenters. The number of hydrogen-bond acceptors (Lipinski definition) is 3. The van der Waals surface area contributed by atoms with Gasteiger partial charge in [-0.3, -0.25) is 9.98 Å². The number of aliphatic imine (C=N–C) groups is 1. The van der Waals surface area contributed by atoms with Crippen LogP contribution in [-0.2, 0) is 0 Å². The summed E-state index contributed by atoms with van der Waals surface area (Å²) in [5.41, 5.74) is 15.2. The Bertz CT molecular complexity index is 914. The number of nitrogens with two attached hydrogens (primary N) is 1. The van der Waals surface area contributed by atoms with Crippen molar-refractivity contribution in [3.8, 4) is 11.1 Å². The van der Waals surface area contributed by atoms with Gasteiger partial charge in [0.05, 0.1) is 0 Å². The summed E-state index contributed by atoms with van der Waals surface area (Å²) in [6, 6.07) is 12.7. The standard InChI is InChI=1S/C26H33N3/c1-6-9-12-24(25(20(5)29-8-3)26(27)19(4)7-2)22-15-13-21(14-16-22)23-11-10-17-28-18-23/h8,10-18H,6-7,9,27H2,1-5H3/b24-12-,25-20-,26-19-,29-8?. The van der Waals surface area contributed by atoms with Crippen molar-refractivity contribution in [1.82, 2.24) is 4.98 Å². The molecule has 0 atom stereocenters. The van der Waals surface area contributed by atoms with Crippen molar-refractivity contribution in [3.63, 3.8) is 0 Å². The second-order valence-electron chi connectivity index (χ2n) is 7.12. The maximum atomic E-state index is 6.63. The summed E-state index contributed by atoms with van der Waals surface area (Å²) in [6.45, 7) is 10.4. The van der Waals surface area contributed by atoms with Gasteiger partial charge in [0, 0.05) is 35.6 Å². The second kappa shape index (κ2) is 11.2. The third kappa shape index (κ3) is 5.77. The van der Waals surface area contributed by atoms with Crippen molar-refractivity contribution in [3.05, 3.63) is 83.0 Å². The average molecular weight is 388 g/mol. The third-order valence-electron chi connectivity index (χ3n) is 5.04. The Morgan fingerprint density at radius 3 is 2.34 bits per heavy atom. The van der Waals surface area contributed by atoms with Crippen LogP contribution >= 0.6 is 0 Å². The summed E-state index contributed by atoms with van der Waals surface area (Å²) in [5.74, 6) is 0. The van der Waals surface area contributed by atoms with Crippen molar-refractivity contribution in [2.45, 2.75) is 53.9 Å². The van der Waals surface area contributed by atoms with E-state index in [0.717, 1.165) is 58.5 Å². The van der Waals surface area contributed by atoms with Crippen molar-refractivity contribution in [1.29, 1.82) is 0 Å².